The molecule has 0 aliphatic heterocycles. The molecule has 2 rings (SSSR count). The van der Waals surface area contributed by atoms with E-state index in [2.05, 4.69) is 0 Å². The third-order valence-electron chi connectivity index (χ3n) is 2.68. The van der Waals surface area contributed by atoms with Crippen LogP contribution in [0.5, 0.6) is 0 Å². The minimum absolute atomic E-state index is 0. The third kappa shape index (κ3) is 3.42. The molecule has 0 atom stereocenters. The average molecular weight is 247 g/mol. The largest absolute Gasteiger partial charge is 1.00 e. The maximum Gasteiger partial charge on any atom is 1.00 e. The van der Waals surface area contributed by atoms with Gasteiger partial charge < -0.3 is 1.43 Å². The van der Waals surface area contributed by atoms with Crippen LogP contribution in [0.15, 0.2) is 24.3 Å². The van der Waals surface area contributed by atoms with E-state index in [-0.39, 0.29) is 54.9 Å². The Balaban J connectivity index is 0.00000128. The molecule has 1 fully saturated rings. The van der Waals surface area contributed by atoms with Gasteiger partial charge in [0.1, 0.15) is 11.6 Å². The number of benzene rings is 1. The van der Waals surface area contributed by atoms with E-state index < -0.39 is 0 Å². The van der Waals surface area contributed by atoms with Crippen LogP contribution in [0.2, 0.25) is 5.02 Å². The second-order valence-corrected chi connectivity index (χ2v) is 4.35. The van der Waals surface area contributed by atoms with Crippen molar-refractivity contribution in [2.45, 2.75) is 25.2 Å². The van der Waals surface area contributed by atoms with Crippen LogP contribution in [0.4, 0.5) is 0 Å². The summed E-state index contributed by atoms with van der Waals surface area (Å²) >= 11 is 5.77. The number of Topliss-reactive ketones (excluding diaryl/α,β-unsaturated/α-hetero) is 2. The maximum absolute atomic E-state index is 11.3. The van der Waals surface area contributed by atoms with Crippen LogP contribution in [-0.2, 0) is 9.59 Å². The molecule has 1 aromatic rings. The molecule has 80 valence electrons. The maximum atomic E-state index is 11.3. The molecule has 2 nitrogen and oxygen atoms in total. The van der Waals surface area contributed by atoms with Crippen molar-refractivity contribution in [3.8, 4) is 0 Å². The summed E-state index contributed by atoms with van der Waals surface area (Å²) in [7, 11) is 0. The monoisotopic (exact) mass is 246 g/mol. The Morgan fingerprint density at radius 2 is 1.56 bits per heavy atom. The number of halogens is 1. The zero-order valence-corrected chi connectivity index (χ0v) is 12.0. The van der Waals surface area contributed by atoms with E-state index in [9.17, 15) is 9.59 Å². The van der Waals surface area contributed by atoms with E-state index in [1.165, 1.54) is 0 Å². The first-order valence-electron chi connectivity index (χ1n) is 4.94. The van der Waals surface area contributed by atoms with Gasteiger partial charge in [-0.15, -0.1) is 0 Å². The second kappa shape index (κ2) is 5.97. The summed E-state index contributed by atoms with van der Waals surface area (Å²) in [5, 5.41) is 0.673. The Hall–Kier alpha value is -0.150. The van der Waals surface area contributed by atoms with Gasteiger partial charge in [-0.1, -0.05) is 23.7 Å². The fraction of sp³-hybridized carbons (Fsp3) is 0.333. The van der Waals surface area contributed by atoms with Crippen molar-refractivity contribution in [1.82, 2.24) is 0 Å². The van der Waals surface area contributed by atoms with Crippen LogP contribution in [0, 0.1) is 0 Å². The Morgan fingerprint density at radius 1 is 1.06 bits per heavy atom. The average Bonchev–Trinajstić information content (AvgIpc) is 2.17. The van der Waals surface area contributed by atoms with Gasteiger partial charge >= 0.3 is 29.6 Å². The van der Waals surface area contributed by atoms with Crippen molar-refractivity contribution in [2.24, 2.45) is 0 Å². The zero-order chi connectivity index (χ0) is 10.8. The van der Waals surface area contributed by atoms with Crippen LogP contribution in [0.3, 0.4) is 0 Å². The van der Waals surface area contributed by atoms with Crippen molar-refractivity contribution in [1.29, 1.82) is 0 Å². The number of hydrogen-bond donors (Lipinski definition) is 0. The molecule has 0 radical (unpaired) electrons. The van der Waals surface area contributed by atoms with Crippen molar-refractivity contribution in [2.75, 3.05) is 0 Å². The number of ketones is 2. The van der Waals surface area contributed by atoms with Gasteiger partial charge in [-0.3, -0.25) is 9.59 Å². The molecule has 0 amide bonds. The first-order chi connectivity index (χ1) is 7.15. The van der Waals surface area contributed by atoms with E-state index in [4.69, 9.17) is 11.6 Å². The molecule has 0 heterocycles. The van der Waals surface area contributed by atoms with Crippen molar-refractivity contribution in [3.63, 3.8) is 0 Å². The molecule has 0 aromatic heterocycles. The molecular formula is C12H12ClNaO2. The normalized spacial score (nSPS) is 17.1. The molecule has 1 aliphatic carbocycles. The second-order valence-electron chi connectivity index (χ2n) is 3.91. The van der Waals surface area contributed by atoms with E-state index in [1.54, 1.807) is 12.1 Å². The Morgan fingerprint density at radius 3 is 2.06 bits per heavy atom. The first-order valence-corrected chi connectivity index (χ1v) is 5.32. The molecule has 16 heavy (non-hydrogen) atoms. The zero-order valence-electron chi connectivity index (χ0n) is 10.2. The predicted octanol–water partition coefficient (Wildman–Crippen LogP) is -0.138. The molecular weight excluding hydrogens is 235 g/mol. The fourth-order valence-electron chi connectivity index (χ4n) is 1.96. The summed E-state index contributed by atoms with van der Waals surface area (Å²) in [6.07, 6.45) is 1.07. The van der Waals surface area contributed by atoms with Crippen LogP contribution in [0.1, 0.15) is 32.2 Å². The van der Waals surface area contributed by atoms with Gasteiger partial charge in [-0.05, 0) is 23.6 Å². The van der Waals surface area contributed by atoms with Crippen LogP contribution in [-0.4, -0.2) is 11.6 Å². The SMILES string of the molecule is O=C1CC(=O)CC(c2ccc(Cl)cc2)C1.[H-].[Na+]. The summed E-state index contributed by atoms with van der Waals surface area (Å²) in [5.74, 6) is 0.147. The van der Waals surface area contributed by atoms with Gasteiger partial charge in [0.25, 0.3) is 0 Å². The number of carbonyl (C=O) groups excluding carboxylic acids is 2. The Bertz CT molecular complexity index is 389. The van der Waals surface area contributed by atoms with Crippen LogP contribution < -0.4 is 29.6 Å². The fourth-order valence-corrected chi connectivity index (χ4v) is 2.08. The van der Waals surface area contributed by atoms with Gasteiger partial charge in [0.2, 0.25) is 0 Å². The molecule has 0 bridgehead atoms. The smallest absolute Gasteiger partial charge is 1.00 e. The summed E-state index contributed by atoms with van der Waals surface area (Å²) in [6, 6.07) is 7.36. The van der Waals surface area contributed by atoms with Gasteiger partial charge in [0.15, 0.2) is 0 Å². The molecule has 0 unspecified atom stereocenters. The van der Waals surface area contributed by atoms with E-state index in [0.717, 1.165) is 5.56 Å². The van der Waals surface area contributed by atoms with Crippen molar-refractivity contribution < 1.29 is 40.6 Å². The van der Waals surface area contributed by atoms with Gasteiger partial charge in [0.05, 0.1) is 6.42 Å². The Labute approximate surface area is 123 Å². The minimum Gasteiger partial charge on any atom is -1.00 e. The van der Waals surface area contributed by atoms with Gasteiger partial charge in [-0.2, -0.15) is 0 Å². The third-order valence-corrected chi connectivity index (χ3v) is 2.94. The Kier molecular flexibility index (Phi) is 5.19. The van der Waals surface area contributed by atoms with E-state index in [0.29, 0.717) is 17.9 Å². The molecule has 0 spiro atoms. The molecule has 1 aromatic carbocycles. The van der Waals surface area contributed by atoms with E-state index in [1.807, 2.05) is 12.1 Å². The predicted molar refractivity (Wildman–Crippen MR) is 59.2 cm³/mol. The molecule has 1 saturated carbocycles. The summed E-state index contributed by atoms with van der Waals surface area (Å²) in [5.41, 5.74) is 1.03. The van der Waals surface area contributed by atoms with Gasteiger partial charge in [0, 0.05) is 17.9 Å². The number of hydrogen-bond acceptors (Lipinski definition) is 2. The summed E-state index contributed by atoms with van der Waals surface area (Å²) < 4.78 is 0. The van der Waals surface area contributed by atoms with Crippen LogP contribution in [0.25, 0.3) is 0 Å². The van der Waals surface area contributed by atoms with Crippen LogP contribution >= 0.6 is 11.6 Å². The number of rotatable bonds is 1. The topological polar surface area (TPSA) is 34.1 Å². The summed E-state index contributed by atoms with van der Waals surface area (Å²) in [6.45, 7) is 0. The quantitative estimate of drug-likeness (QED) is 0.511. The summed E-state index contributed by atoms with van der Waals surface area (Å²) in [4.78, 5) is 22.6. The van der Waals surface area contributed by atoms with Crippen molar-refractivity contribution >= 4 is 23.2 Å². The molecule has 0 saturated heterocycles. The molecule has 1 aliphatic rings. The van der Waals surface area contributed by atoms with E-state index >= 15 is 0 Å². The molecule has 4 heteroatoms. The van der Waals surface area contributed by atoms with Crippen molar-refractivity contribution in [3.05, 3.63) is 34.9 Å². The first kappa shape index (κ1) is 13.9. The molecule has 0 N–H and O–H groups in total. The van der Waals surface area contributed by atoms with Gasteiger partial charge in [-0.25, -0.2) is 0 Å². The standard InChI is InChI=1S/C12H11ClO2.Na.H/c13-10-3-1-8(2-4-10)9-5-11(14)7-12(15)6-9;;/h1-4,9H,5-7H2;;/q;+1;-1. The minimum atomic E-state index is 0. The number of carbonyl (C=O) groups is 2.